The Morgan fingerprint density at radius 1 is 0.857 bits per heavy atom. The van der Waals surface area contributed by atoms with E-state index in [1.807, 2.05) is 18.2 Å². The Morgan fingerprint density at radius 2 is 1.57 bits per heavy atom. The number of ether oxygens (including phenoxy) is 2. The van der Waals surface area contributed by atoms with E-state index in [4.69, 9.17) is 9.47 Å². The molecule has 0 heterocycles. The maximum atomic E-state index is 12.9. The van der Waals surface area contributed by atoms with E-state index in [9.17, 15) is 18.8 Å². The molecule has 0 unspecified atom stereocenters. The molecule has 0 aromatic heterocycles. The Morgan fingerprint density at radius 3 is 2.29 bits per heavy atom. The molecule has 3 amide bonds. The summed E-state index contributed by atoms with van der Waals surface area (Å²) in [7, 11) is 0. The molecule has 0 fully saturated rings. The molecule has 0 atom stereocenters. The van der Waals surface area contributed by atoms with Crippen molar-refractivity contribution < 1.29 is 28.2 Å². The number of nitrogens with zero attached hydrogens (tertiary/aromatic N) is 1. The summed E-state index contributed by atoms with van der Waals surface area (Å²) in [4.78, 5) is 35.9. The van der Waals surface area contributed by atoms with Crippen LogP contribution in [0.25, 0.3) is 0 Å². The van der Waals surface area contributed by atoms with Crippen LogP contribution in [0.3, 0.4) is 0 Å². The van der Waals surface area contributed by atoms with Crippen molar-refractivity contribution in [2.24, 2.45) is 5.10 Å². The van der Waals surface area contributed by atoms with Crippen LogP contribution in [0.5, 0.6) is 11.5 Å². The number of amides is 3. The van der Waals surface area contributed by atoms with Crippen molar-refractivity contribution in [3.05, 3.63) is 84.2 Å². The molecule has 3 aromatic rings. The summed E-state index contributed by atoms with van der Waals surface area (Å²) >= 11 is 0. The second-order valence-corrected chi connectivity index (χ2v) is 7.00. The van der Waals surface area contributed by atoms with E-state index < -0.39 is 17.6 Å². The average molecular weight is 478 g/mol. The quantitative estimate of drug-likeness (QED) is 0.248. The molecule has 180 valence electrons. The van der Waals surface area contributed by atoms with Gasteiger partial charge in [-0.1, -0.05) is 18.2 Å². The zero-order valence-electron chi connectivity index (χ0n) is 18.8. The van der Waals surface area contributed by atoms with Crippen molar-refractivity contribution in [3.8, 4) is 11.5 Å². The Balaban J connectivity index is 1.55. The van der Waals surface area contributed by atoms with Crippen LogP contribution in [0.1, 0.15) is 12.5 Å². The summed E-state index contributed by atoms with van der Waals surface area (Å²) in [5.41, 5.74) is 3.59. The largest absolute Gasteiger partial charge is 0.490 e. The highest BCUT2D eigenvalue weighted by Gasteiger charge is 2.13. The van der Waals surface area contributed by atoms with Crippen molar-refractivity contribution in [2.45, 2.75) is 6.92 Å². The number of para-hydroxylation sites is 1. The van der Waals surface area contributed by atoms with Gasteiger partial charge in [0.2, 0.25) is 0 Å². The lowest BCUT2D eigenvalue weighted by Crippen LogP contribution is -2.32. The molecule has 35 heavy (non-hydrogen) atoms. The second kappa shape index (κ2) is 12.5. The van der Waals surface area contributed by atoms with Gasteiger partial charge in [-0.3, -0.25) is 14.4 Å². The van der Waals surface area contributed by atoms with E-state index in [1.165, 1.54) is 18.3 Å². The molecule has 0 saturated carbocycles. The molecule has 9 nitrogen and oxygen atoms in total. The number of hydrazone groups is 1. The van der Waals surface area contributed by atoms with Crippen molar-refractivity contribution in [3.63, 3.8) is 0 Å². The molecule has 0 aliphatic rings. The van der Waals surface area contributed by atoms with Gasteiger partial charge in [-0.15, -0.1) is 0 Å². The van der Waals surface area contributed by atoms with Gasteiger partial charge in [0.25, 0.3) is 5.91 Å². The fourth-order valence-corrected chi connectivity index (χ4v) is 2.79. The van der Waals surface area contributed by atoms with Gasteiger partial charge in [0.15, 0.2) is 18.1 Å². The summed E-state index contributed by atoms with van der Waals surface area (Å²) in [6.45, 7) is 1.93. The monoisotopic (exact) mass is 478 g/mol. The number of hydrogen-bond donors (Lipinski definition) is 3. The fraction of sp³-hybridized carbons (Fsp3) is 0.120. The number of carbonyl (C=O) groups excluding carboxylic acids is 3. The summed E-state index contributed by atoms with van der Waals surface area (Å²) in [5, 5.41) is 8.82. The third kappa shape index (κ3) is 7.97. The van der Waals surface area contributed by atoms with Crippen molar-refractivity contribution in [2.75, 3.05) is 23.8 Å². The molecule has 0 radical (unpaired) electrons. The summed E-state index contributed by atoms with van der Waals surface area (Å²) in [5.74, 6) is -2.01. The third-order valence-corrected chi connectivity index (χ3v) is 4.37. The van der Waals surface area contributed by atoms with E-state index in [0.29, 0.717) is 29.4 Å². The molecule has 3 N–H and O–H groups in total. The van der Waals surface area contributed by atoms with E-state index in [1.54, 1.807) is 37.3 Å². The van der Waals surface area contributed by atoms with Crippen LogP contribution in [-0.2, 0) is 14.4 Å². The van der Waals surface area contributed by atoms with Crippen molar-refractivity contribution in [1.82, 2.24) is 5.43 Å². The molecule has 0 aliphatic carbocycles. The maximum absolute atomic E-state index is 12.9. The lowest BCUT2D eigenvalue weighted by atomic mass is 10.2. The van der Waals surface area contributed by atoms with Gasteiger partial charge < -0.3 is 20.1 Å². The number of benzene rings is 3. The van der Waals surface area contributed by atoms with Crippen LogP contribution in [0.2, 0.25) is 0 Å². The summed E-state index contributed by atoms with van der Waals surface area (Å²) < 4.78 is 24.1. The standard InChI is InChI=1S/C25H23FN4O5/c1-2-34-22-14-17(8-13-21(22)35-16-23(31)28-19-6-4-3-5-7-19)15-27-30-25(33)24(32)29-20-11-9-18(26)10-12-20/h3-15H,2,16H2,1H3,(H,28,31)(H,29,32)(H,30,33)/b27-15-. The molecule has 0 bridgehead atoms. The topological polar surface area (TPSA) is 118 Å². The number of carbonyl (C=O) groups is 3. The molecule has 0 saturated heterocycles. The average Bonchev–Trinajstić information content (AvgIpc) is 2.85. The first-order valence-corrected chi connectivity index (χ1v) is 10.6. The molecular weight excluding hydrogens is 455 g/mol. The van der Waals surface area contributed by atoms with E-state index >= 15 is 0 Å². The zero-order chi connectivity index (χ0) is 25.0. The predicted molar refractivity (Wildman–Crippen MR) is 129 cm³/mol. The first-order chi connectivity index (χ1) is 16.9. The minimum Gasteiger partial charge on any atom is -0.490 e. The highest BCUT2D eigenvalue weighted by molar-refractivity contribution is 6.39. The van der Waals surface area contributed by atoms with E-state index in [2.05, 4.69) is 21.2 Å². The minimum absolute atomic E-state index is 0.221. The van der Waals surface area contributed by atoms with E-state index in [-0.39, 0.29) is 18.2 Å². The highest BCUT2D eigenvalue weighted by atomic mass is 19.1. The van der Waals surface area contributed by atoms with Crippen molar-refractivity contribution >= 4 is 35.3 Å². The Hall–Kier alpha value is -4.73. The molecule has 0 aliphatic heterocycles. The first-order valence-electron chi connectivity index (χ1n) is 10.6. The van der Waals surface area contributed by atoms with E-state index in [0.717, 1.165) is 12.1 Å². The van der Waals surface area contributed by atoms with Crippen LogP contribution in [0.15, 0.2) is 77.9 Å². The Labute approximate surface area is 200 Å². The Bertz CT molecular complexity index is 1200. The van der Waals surface area contributed by atoms with Crippen LogP contribution in [-0.4, -0.2) is 37.1 Å². The number of hydrogen-bond acceptors (Lipinski definition) is 6. The smallest absolute Gasteiger partial charge is 0.329 e. The molecule has 3 aromatic carbocycles. The Kier molecular flexibility index (Phi) is 8.89. The number of halogens is 1. The number of nitrogens with one attached hydrogen (secondary N) is 3. The van der Waals surface area contributed by atoms with Gasteiger partial charge in [0.05, 0.1) is 12.8 Å². The predicted octanol–water partition coefficient (Wildman–Crippen LogP) is 3.33. The zero-order valence-corrected chi connectivity index (χ0v) is 18.8. The first kappa shape index (κ1) is 24.9. The second-order valence-electron chi connectivity index (χ2n) is 7.00. The van der Waals surface area contributed by atoms with Gasteiger partial charge in [0.1, 0.15) is 5.82 Å². The molecular formula is C25H23FN4O5. The van der Waals surface area contributed by atoms with Gasteiger partial charge in [-0.2, -0.15) is 5.10 Å². The third-order valence-electron chi connectivity index (χ3n) is 4.37. The van der Waals surface area contributed by atoms with Crippen LogP contribution in [0, 0.1) is 5.82 Å². The van der Waals surface area contributed by atoms with Crippen LogP contribution < -0.4 is 25.5 Å². The lowest BCUT2D eigenvalue weighted by molar-refractivity contribution is -0.136. The SMILES string of the molecule is CCOc1cc(/C=N\NC(=O)C(=O)Nc2ccc(F)cc2)ccc1OCC(=O)Nc1ccccc1. The fourth-order valence-electron chi connectivity index (χ4n) is 2.79. The summed E-state index contributed by atoms with van der Waals surface area (Å²) in [6.07, 6.45) is 1.32. The van der Waals surface area contributed by atoms with Crippen LogP contribution in [0.4, 0.5) is 15.8 Å². The van der Waals surface area contributed by atoms with Gasteiger partial charge in [-0.25, -0.2) is 9.82 Å². The minimum atomic E-state index is -1.00. The highest BCUT2D eigenvalue weighted by Crippen LogP contribution is 2.28. The number of rotatable bonds is 9. The van der Waals surface area contributed by atoms with Crippen molar-refractivity contribution in [1.29, 1.82) is 0 Å². The van der Waals surface area contributed by atoms with Crippen LogP contribution >= 0.6 is 0 Å². The summed E-state index contributed by atoms with van der Waals surface area (Å²) in [6, 6.07) is 18.8. The number of anilines is 2. The lowest BCUT2D eigenvalue weighted by Gasteiger charge is -2.12. The molecule has 3 rings (SSSR count). The van der Waals surface area contributed by atoms with Gasteiger partial charge in [0, 0.05) is 11.4 Å². The normalized spacial score (nSPS) is 10.5. The molecule has 0 spiro atoms. The van der Waals surface area contributed by atoms with Gasteiger partial charge >= 0.3 is 11.8 Å². The maximum Gasteiger partial charge on any atom is 0.329 e. The van der Waals surface area contributed by atoms with Gasteiger partial charge in [-0.05, 0) is 67.1 Å². The molecule has 10 heteroatoms.